The van der Waals surface area contributed by atoms with Crippen LogP contribution in [-0.2, 0) is 4.79 Å². The van der Waals surface area contributed by atoms with E-state index in [1.807, 2.05) is 18.2 Å². The van der Waals surface area contributed by atoms with Crippen LogP contribution in [-0.4, -0.2) is 37.6 Å². The molecule has 1 fully saturated rings. The van der Waals surface area contributed by atoms with Gasteiger partial charge in [-0.3, -0.25) is 9.79 Å². The maximum absolute atomic E-state index is 12.2. The summed E-state index contributed by atoms with van der Waals surface area (Å²) in [4.78, 5) is 16.6. The van der Waals surface area contributed by atoms with Crippen LogP contribution in [0.3, 0.4) is 0 Å². The second-order valence-electron chi connectivity index (χ2n) is 8.43. The van der Waals surface area contributed by atoms with Gasteiger partial charge in [-0.05, 0) is 32.8 Å². The third-order valence-corrected chi connectivity index (χ3v) is 5.60. The molecule has 0 radical (unpaired) electrons. The molecule has 1 atom stereocenters. The fourth-order valence-corrected chi connectivity index (χ4v) is 4.17. The number of aliphatic imine (C=N–C) groups is 1. The number of nitrogens with one attached hydrogen (secondary N) is 3. The molecule has 0 aromatic heterocycles. The average Bonchev–Trinajstić information content (AvgIpc) is 2.69. The Balaban J connectivity index is 0.00000300. The number of ether oxygens (including phenoxy) is 1. The maximum atomic E-state index is 12.2. The minimum atomic E-state index is -0.237. The number of carbonyl (C=O) groups is 1. The Labute approximate surface area is 191 Å². The second-order valence-corrected chi connectivity index (χ2v) is 8.43. The molecule has 0 bridgehead atoms. The van der Waals surface area contributed by atoms with E-state index in [-0.39, 0.29) is 47.4 Å². The van der Waals surface area contributed by atoms with Crippen molar-refractivity contribution in [2.75, 3.05) is 20.1 Å². The Bertz CT molecular complexity index is 702. The van der Waals surface area contributed by atoms with Gasteiger partial charge in [0.2, 0.25) is 5.91 Å². The number of para-hydroxylation sites is 1. The van der Waals surface area contributed by atoms with Crippen molar-refractivity contribution in [3.05, 3.63) is 29.8 Å². The summed E-state index contributed by atoms with van der Waals surface area (Å²) >= 11 is 0. The van der Waals surface area contributed by atoms with Crippen LogP contribution in [0, 0.1) is 5.92 Å². The van der Waals surface area contributed by atoms with Crippen LogP contribution in [0.5, 0.6) is 5.75 Å². The SMILES string of the molecule is CN=C(NCCNC(=O)C1CCCCC1)NC1CC(C)(C)Oc2ccccc21.I. The monoisotopic (exact) mass is 514 g/mol. The van der Waals surface area contributed by atoms with Gasteiger partial charge in [-0.15, -0.1) is 24.0 Å². The molecular formula is C22H35IN4O2. The van der Waals surface area contributed by atoms with Crippen LogP contribution in [0.4, 0.5) is 0 Å². The summed E-state index contributed by atoms with van der Waals surface area (Å²) in [6.45, 7) is 5.46. The van der Waals surface area contributed by atoms with Gasteiger partial charge in [-0.2, -0.15) is 0 Å². The molecule has 1 unspecified atom stereocenters. The first-order chi connectivity index (χ1) is 13.5. The standard InChI is InChI=1S/C22H34N4O2.HI/c1-22(2)15-18(17-11-7-8-12-19(17)28-22)26-21(23-3)25-14-13-24-20(27)16-9-5-4-6-10-16;/h7-8,11-12,16,18H,4-6,9-10,13-15H2,1-3H3,(H,24,27)(H2,23,25,26);1H. The molecule has 3 rings (SSSR count). The summed E-state index contributed by atoms with van der Waals surface area (Å²) in [5.74, 6) is 2.06. The van der Waals surface area contributed by atoms with E-state index < -0.39 is 0 Å². The molecule has 3 N–H and O–H groups in total. The number of hydrogen-bond acceptors (Lipinski definition) is 3. The Morgan fingerprint density at radius 2 is 1.83 bits per heavy atom. The molecular weight excluding hydrogens is 479 g/mol. The summed E-state index contributed by atoms with van der Waals surface area (Å²) < 4.78 is 6.10. The third kappa shape index (κ3) is 6.76. The lowest BCUT2D eigenvalue weighted by molar-refractivity contribution is -0.125. The molecule has 6 nitrogen and oxygen atoms in total. The van der Waals surface area contributed by atoms with Crippen molar-refractivity contribution in [3.8, 4) is 5.75 Å². The lowest BCUT2D eigenvalue weighted by Gasteiger charge is -2.38. The predicted octanol–water partition coefficient (Wildman–Crippen LogP) is 3.77. The number of nitrogens with zero attached hydrogens (tertiary/aromatic N) is 1. The van der Waals surface area contributed by atoms with E-state index in [0.717, 1.165) is 36.5 Å². The summed E-state index contributed by atoms with van der Waals surface area (Å²) in [5.41, 5.74) is 0.911. The van der Waals surface area contributed by atoms with Gasteiger partial charge in [-0.1, -0.05) is 37.5 Å². The fraction of sp³-hybridized carbons (Fsp3) is 0.636. The maximum Gasteiger partial charge on any atom is 0.223 e. The van der Waals surface area contributed by atoms with Crippen molar-refractivity contribution < 1.29 is 9.53 Å². The molecule has 1 aliphatic carbocycles. The van der Waals surface area contributed by atoms with E-state index in [9.17, 15) is 4.79 Å². The van der Waals surface area contributed by atoms with Crippen LogP contribution < -0.4 is 20.7 Å². The van der Waals surface area contributed by atoms with Gasteiger partial charge < -0.3 is 20.7 Å². The van der Waals surface area contributed by atoms with E-state index >= 15 is 0 Å². The van der Waals surface area contributed by atoms with Gasteiger partial charge in [0, 0.05) is 38.0 Å². The molecule has 1 heterocycles. The summed E-state index contributed by atoms with van der Waals surface area (Å²) in [7, 11) is 1.77. The Kier molecular flexibility index (Phi) is 9.04. The average molecular weight is 514 g/mol. The van der Waals surface area contributed by atoms with E-state index in [1.165, 1.54) is 19.3 Å². The first-order valence-corrected chi connectivity index (χ1v) is 10.5. The largest absolute Gasteiger partial charge is 0.487 e. The minimum absolute atomic E-state index is 0. The van der Waals surface area contributed by atoms with Crippen molar-refractivity contribution in [2.24, 2.45) is 10.9 Å². The number of rotatable bonds is 5. The lowest BCUT2D eigenvalue weighted by atomic mass is 9.89. The van der Waals surface area contributed by atoms with Gasteiger partial charge in [0.25, 0.3) is 0 Å². The molecule has 1 aromatic carbocycles. The van der Waals surface area contributed by atoms with Crippen molar-refractivity contribution in [1.82, 2.24) is 16.0 Å². The van der Waals surface area contributed by atoms with Crippen LogP contribution in [0.15, 0.2) is 29.3 Å². The normalized spacial score (nSPS) is 21.2. The second kappa shape index (κ2) is 11.0. The Morgan fingerprint density at radius 3 is 2.55 bits per heavy atom. The van der Waals surface area contributed by atoms with Gasteiger partial charge in [0.1, 0.15) is 11.4 Å². The summed E-state index contributed by atoms with van der Waals surface area (Å²) in [6.07, 6.45) is 6.52. The van der Waals surface area contributed by atoms with Crippen LogP contribution >= 0.6 is 24.0 Å². The smallest absolute Gasteiger partial charge is 0.223 e. The zero-order valence-corrected chi connectivity index (χ0v) is 20.1. The van der Waals surface area contributed by atoms with Gasteiger partial charge in [0.15, 0.2) is 5.96 Å². The van der Waals surface area contributed by atoms with Gasteiger partial charge in [0.05, 0.1) is 6.04 Å². The molecule has 0 saturated heterocycles. The summed E-state index contributed by atoms with van der Waals surface area (Å²) in [6, 6.07) is 8.27. The fourth-order valence-electron chi connectivity index (χ4n) is 4.17. The minimum Gasteiger partial charge on any atom is -0.487 e. The highest BCUT2D eigenvalue weighted by Gasteiger charge is 2.33. The van der Waals surface area contributed by atoms with E-state index in [2.05, 4.69) is 40.9 Å². The number of halogens is 1. The molecule has 1 aliphatic heterocycles. The van der Waals surface area contributed by atoms with E-state index in [1.54, 1.807) is 7.05 Å². The van der Waals surface area contributed by atoms with E-state index in [0.29, 0.717) is 13.1 Å². The number of hydrogen-bond donors (Lipinski definition) is 3. The molecule has 1 saturated carbocycles. The zero-order chi connectivity index (χ0) is 20.0. The molecule has 29 heavy (non-hydrogen) atoms. The highest BCUT2D eigenvalue weighted by molar-refractivity contribution is 14.0. The number of fused-ring (bicyclic) bond motifs is 1. The zero-order valence-electron chi connectivity index (χ0n) is 17.8. The quantitative estimate of drug-likeness (QED) is 0.242. The topological polar surface area (TPSA) is 74.8 Å². The number of benzene rings is 1. The van der Waals surface area contributed by atoms with Crippen LogP contribution in [0.2, 0.25) is 0 Å². The first kappa shape index (κ1) is 23.8. The highest BCUT2D eigenvalue weighted by Crippen LogP contribution is 2.39. The summed E-state index contributed by atoms with van der Waals surface area (Å²) in [5, 5.41) is 9.89. The number of carbonyl (C=O) groups excluding carboxylic acids is 1. The first-order valence-electron chi connectivity index (χ1n) is 10.5. The van der Waals surface area contributed by atoms with Crippen molar-refractivity contribution in [1.29, 1.82) is 0 Å². The number of guanidine groups is 1. The van der Waals surface area contributed by atoms with E-state index in [4.69, 9.17) is 4.74 Å². The van der Waals surface area contributed by atoms with Gasteiger partial charge >= 0.3 is 0 Å². The van der Waals surface area contributed by atoms with Crippen molar-refractivity contribution >= 4 is 35.8 Å². The lowest BCUT2D eigenvalue weighted by Crippen LogP contribution is -2.47. The van der Waals surface area contributed by atoms with Crippen LogP contribution in [0.1, 0.15) is 64.0 Å². The molecule has 1 amide bonds. The molecule has 2 aliphatic rings. The molecule has 1 aromatic rings. The van der Waals surface area contributed by atoms with Crippen molar-refractivity contribution in [3.63, 3.8) is 0 Å². The Hall–Kier alpha value is -1.51. The van der Waals surface area contributed by atoms with Gasteiger partial charge in [-0.25, -0.2) is 0 Å². The third-order valence-electron chi connectivity index (χ3n) is 5.60. The molecule has 0 spiro atoms. The molecule has 162 valence electrons. The van der Waals surface area contributed by atoms with Crippen molar-refractivity contribution in [2.45, 2.75) is 64.0 Å². The number of amides is 1. The van der Waals surface area contributed by atoms with Crippen LogP contribution in [0.25, 0.3) is 0 Å². The molecule has 7 heteroatoms. The Morgan fingerprint density at radius 1 is 1.14 bits per heavy atom. The predicted molar refractivity (Wildman–Crippen MR) is 128 cm³/mol. The highest BCUT2D eigenvalue weighted by atomic mass is 127.